The van der Waals surface area contributed by atoms with Crippen molar-refractivity contribution in [3.63, 3.8) is 0 Å². The third-order valence-electron chi connectivity index (χ3n) is 3.79. The molecule has 1 aromatic rings. The van der Waals surface area contributed by atoms with Crippen molar-refractivity contribution in [1.29, 1.82) is 0 Å². The quantitative estimate of drug-likeness (QED) is 0.895. The van der Waals surface area contributed by atoms with Crippen LogP contribution in [0.5, 0.6) is 0 Å². The van der Waals surface area contributed by atoms with Crippen LogP contribution in [-0.2, 0) is 4.79 Å². The molecular formula is C15H24ClN3O. The van der Waals surface area contributed by atoms with E-state index in [0.29, 0.717) is 19.1 Å². The fourth-order valence-electron chi connectivity index (χ4n) is 2.61. The summed E-state index contributed by atoms with van der Waals surface area (Å²) in [6.45, 7) is 6.09. The molecule has 0 radical (unpaired) electrons. The van der Waals surface area contributed by atoms with Crippen LogP contribution in [0.25, 0.3) is 0 Å². The zero-order valence-electron chi connectivity index (χ0n) is 12.2. The van der Waals surface area contributed by atoms with Crippen molar-refractivity contribution in [2.75, 3.05) is 25.0 Å². The highest BCUT2D eigenvalue weighted by atomic mass is 35.5. The summed E-state index contributed by atoms with van der Waals surface area (Å²) in [5.74, 6) is 0.0500. The van der Waals surface area contributed by atoms with E-state index < -0.39 is 0 Å². The average molecular weight is 298 g/mol. The molecule has 112 valence electrons. The van der Waals surface area contributed by atoms with Crippen molar-refractivity contribution in [3.05, 3.63) is 29.3 Å². The number of hydrogen-bond acceptors (Lipinski definition) is 3. The molecule has 1 heterocycles. The van der Waals surface area contributed by atoms with Crippen molar-refractivity contribution in [1.82, 2.24) is 4.90 Å². The topological polar surface area (TPSA) is 58.4 Å². The average Bonchev–Trinajstić information content (AvgIpc) is 2.81. The first kappa shape index (κ1) is 17.0. The molecule has 1 amide bonds. The Bertz CT molecular complexity index is 464. The Morgan fingerprint density at radius 1 is 1.45 bits per heavy atom. The third kappa shape index (κ3) is 4.20. The number of anilines is 1. The molecule has 5 heteroatoms. The van der Waals surface area contributed by atoms with Gasteiger partial charge in [0, 0.05) is 18.3 Å². The number of nitrogens with one attached hydrogen (secondary N) is 1. The Hall–Kier alpha value is -1.10. The number of carbonyl (C=O) groups excluding carboxylic acids is 1. The number of nitrogens with zero attached hydrogens (tertiary/aromatic N) is 1. The van der Waals surface area contributed by atoms with Gasteiger partial charge in [-0.1, -0.05) is 12.1 Å². The summed E-state index contributed by atoms with van der Waals surface area (Å²) in [7, 11) is 0. The van der Waals surface area contributed by atoms with Crippen molar-refractivity contribution in [3.8, 4) is 0 Å². The molecule has 1 aliphatic heterocycles. The molecule has 0 spiro atoms. The summed E-state index contributed by atoms with van der Waals surface area (Å²) >= 11 is 0. The lowest BCUT2D eigenvalue weighted by atomic mass is 10.1. The zero-order valence-corrected chi connectivity index (χ0v) is 13.0. The molecule has 0 aromatic heterocycles. The number of hydrogen-bond donors (Lipinski definition) is 2. The maximum Gasteiger partial charge on any atom is 0.238 e. The van der Waals surface area contributed by atoms with Crippen molar-refractivity contribution in [2.45, 2.75) is 32.7 Å². The van der Waals surface area contributed by atoms with Gasteiger partial charge in [0.15, 0.2) is 0 Å². The van der Waals surface area contributed by atoms with Gasteiger partial charge in [0.2, 0.25) is 5.91 Å². The predicted molar refractivity (Wildman–Crippen MR) is 85.4 cm³/mol. The lowest BCUT2D eigenvalue weighted by Crippen LogP contribution is -2.40. The largest absolute Gasteiger partial charge is 0.329 e. The summed E-state index contributed by atoms with van der Waals surface area (Å²) in [5.41, 5.74) is 8.88. The summed E-state index contributed by atoms with van der Waals surface area (Å²) in [6, 6.07) is 6.46. The highest BCUT2D eigenvalue weighted by molar-refractivity contribution is 5.93. The van der Waals surface area contributed by atoms with E-state index in [2.05, 4.69) is 16.3 Å². The van der Waals surface area contributed by atoms with E-state index >= 15 is 0 Å². The van der Waals surface area contributed by atoms with Gasteiger partial charge < -0.3 is 11.1 Å². The highest BCUT2D eigenvalue weighted by Gasteiger charge is 2.24. The fourth-order valence-corrected chi connectivity index (χ4v) is 2.61. The zero-order chi connectivity index (χ0) is 13.8. The van der Waals surface area contributed by atoms with E-state index in [1.807, 2.05) is 26.0 Å². The first-order chi connectivity index (χ1) is 9.10. The molecule has 1 fully saturated rings. The monoisotopic (exact) mass is 297 g/mol. The van der Waals surface area contributed by atoms with Crippen LogP contribution in [0.1, 0.15) is 24.0 Å². The number of likely N-dealkylation sites (tertiary alicyclic amines) is 1. The Morgan fingerprint density at radius 3 is 2.90 bits per heavy atom. The Labute approximate surface area is 127 Å². The molecular weight excluding hydrogens is 274 g/mol. The lowest BCUT2D eigenvalue weighted by molar-refractivity contribution is -0.117. The van der Waals surface area contributed by atoms with E-state index in [1.54, 1.807) is 0 Å². The van der Waals surface area contributed by atoms with Crippen LogP contribution in [0, 0.1) is 13.8 Å². The summed E-state index contributed by atoms with van der Waals surface area (Å²) in [5, 5.41) is 3.00. The van der Waals surface area contributed by atoms with Gasteiger partial charge >= 0.3 is 0 Å². The lowest BCUT2D eigenvalue weighted by Gasteiger charge is -2.22. The molecule has 1 saturated heterocycles. The summed E-state index contributed by atoms with van der Waals surface area (Å²) in [4.78, 5) is 14.3. The summed E-state index contributed by atoms with van der Waals surface area (Å²) in [6.07, 6.45) is 2.24. The number of benzene rings is 1. The first-order valence-electron chi connectivity index (χ1n) is 6.91. The van der Waals surface area contributed by atoms with Crippen molar-refractivity contribution >= 4 is 24.0 Å². The molecule has 0 saturated carbocycles. The molecule has 4 nitrogen and oxygen atoms in total. The maximum atomic E-state index is 12.1. The highest BCUT2D eigenvalue weighted by Crippen LogP contribution is 2.18. The minimum Gasteiger partial charge on any atom is -0.329 e. The predicted octanol–water partition coefficient (Wildman–Crippen LogP) is 2.09. The van der Waals surface area contributed by atoms with Gasteiger partial charge in [0.25, 0.3) is 0 Å². The van der Waals surface area contributed by atoms with E-state index in [9.17, 15) is 4.79 Å². The number of aryl methyl sites for hydroxylation is 2. The first-order valence-corrected chi connectivity index (χ1v) is 6.91. The van der Waals surface area contributed by atoms with Gasteiger partial charge in [-0.05, 0) is 50.4 Å². The van der Waals surface area contributed by atoms with Gasteiger partial charge in [-0.25, -0.2) is 0 Å². The van der Waals surface area contributed by atoms with E-state index in [0.717, 1.165) is 36.2 Å². The van der Waals surface area contributed by atoms with Gasteiger partial charge in [-0.15, -0.1) is 12.4 Å². The van der Waals surface area contributed by atoms with Gasteiger partial charge in [-0.3, -0.25) is 9.69 Å². The van der Waals surface area contributed by atoms with Crippen molar-refractivity contribution < 1.29 is 4.79 Å². The molecule has 3 N–H and O–H groups in total. The molecule has 1 aromatic carbocycles. The second kappa shape index (κ2) is 7.62. The Balaban J connectivity index is 0.00000200. The van der Waals surface area contributed by atoms with Gasteiger partial charge in [0.1, 0.15) is 0 Å². The number of amides is 1. The second-order valence-electron chi connectivity index (χ2n) is 5.37. The number of halogens is 1. The van der Waals surface area contributed by atoms with Crippen LogP contribution in [0.3, 0.4) is 0 Å². The second-order valence-corrected chi connectivity index (χ2v) is 5.37. The molecule has 1 unspecified atom stereocenters. The minimum absolute atomic E-state index is 0. The minimum atomic E-state index is 0. The third-order valence-corrected chi connectivity index (χ3v) is 3.79. The normalized spacial score (nSPS) is 18.6. The molecule has 1 atom stereocenters. The molecule has 20 heavy (non-hydrogen) atoms. The molecule has 0 aliphatic carbocycles. The number of carbonyl (C=O) groups is 1. The molecule has 2 rings (SSSR count). The van der Waals surface area contributed by atoms with E-state index in [-0.39, 0.29) is 18.3 Å². The van der Waals surface area contributed by atoms with Gasteiger partial charge in [0.05, 0.1) is 6.54 Å². The number of rotatable bonds is 4. The summed E-state index contributed by atoms with van der Waals surface area (Å²) < 4.78 is 0. The maximum absolute atomic E-state index is 12.1. The Morgan fingerprint density at radius 2 is 2.20 bits per heavy atom. The van der Waals surface area contributed by atoms with Crippen LogP contribution in [-0.4, -0.2) is 36.5 Å². The SMILES string of the molecule is Cc1ccc(C)c(NC(=O)CN2CCCC2CN)c1.Cl. The standard InChI is InChI=1S/C15H23N3O.ClH/c1-11-5-6-12(2)14(8-11)17-15(19)10-18-7-3-4-13(18)9-16;/h5-6,8,13H,3-4,7,9-10,16H2,1-2H3,(H,17,19);1H. The van der Waals surface area contributed by atoms with Crippen molar-refractivity contribution in [2.24, 2.45) is 5.73 Å². The van der Waals surface area contributed by atoms with Crippen LogP contribution in [0.2, 0.25) is 0 Å². The Kier molecular flexibility index (Phi) is 6.46. The fraction of sp³-hybridized carbons (Fsp3) is 0.533. The molecule has 0 bridgehead atoms. The van der Waals surface area contributed by atoms with E-state index in [4.69, 9.17) is 5.73 Å². The number of nitrogens with two attached hydrogens (primary N) is 1. The van der Waals surface area contributed by atoms with E-state index in [1.165, 1.54) is 0 Å². The smallest absolute Gasteiger partial charge is 0.238 e. The van der Waals surface area contributed by atoms with Crippen LogP contribution in [0.15, 0.2) is 18.2 Å². The van der Waals surface area contributed by atoms with Crippen LogP contribution < -0.4 is 11.1 Å². The molecule has 1 aliphatic rings. The van der Waals surface area contributed by atoms with Gasteiger partial charge in [-0.2, -0.15) is 0 Å². The van der Waals surface area contributed by atoms with Crippen LogP contribution in [0.4, 0.5) is 5.69 Å². The van der Waals surface area contributed by atoms with Crippen LogP contribution >= 0.6 is 12.4 Å².